The molecule has 0 spiro atoms. The van der Waals surface area contributed by atoms with Crippen LogP contribution in [0, 0.1) is 0 Å². The smallest absolute Gasteiger partial charge is 0.262 e. The largest absolute Gasteiger partial charge is 0.369 e. The summed E-state index contributed by atoms with van der Waals surface area (Å²) in [6.45, 7) is 1.60. The van der Waals surface area contributed by atoms with Crippen molar-refractivity contribution in [3.05, 3.63) is 29.3 Å². The Labute approximate surface area is 173 Å². The minimum atomic E-state index is -0.963. The van der Waals surface area contributed by atoms with Crippen LogP contribution in [0.5, 0.6) is 0 Å². The van der Waals surface area contributed by atoms with Crippen LogP contribution in [0.3, 0.4) is 0 Å². The molecule has 0 radical (unpaired) electrons. The van der Waals surface area contributed by atoms with Crippen LogP contribution in [0.2, 0.25) is 0 Å². The predicted molar refractivity (Wildman–Crippen MR) is 103 cm³/mol. The Morgan fingerprint density at radius 1 is 1.07 bits per heavy atom. The average Bonchev–Trinajstić information content (AvgIpc) is 2.94. The van der Waals surface area contributed by atoms with Crippen molar-refractivity contribution in [2.75, 3.05) is 38.8 Å². The molecular weight excluding hydrogens is 394 g/mol. The summed E-state index contributed by atoms with van der Waals surface area (Å²) in [5.41, 5.74) is 1.34. The van der Waals surface area contributed by atoms with Crippen molar-refractivity contribution >= 4 is 29.3 Å². The van der Waals surface area contributed by atoms with Crippen LogP contribution in [0.1, 0.15) is 33.6 Å². The van der Waals surface area contributed by atoms with Crippen molar-refractivity contribution in [2.24, 2.45) is 0 Å². The highest BCUT2D eigenvalue weighted by atomic mass is 16.7. The number of nitrogens with one attached hydrogen (secondary N) is 1. The normalized spacial score (nSPS) is 21.9. The van der Waals surface area contributed by atoms with E-state index in [2.05, 4.69) is 5.32 Å². The number of anilines is 1. The van der Waals surface area contributed by atoms with Gasteiger partial charge in [-0.15, -0.1) is 0 Å². The molecule has 1 atom stereocenters. The molecule has 1 aromatic carbocycles. The fraction of sp³-hybridized carbons (Fsp3) is 0.500. The topological polar surface area (TPSA) is 114 Å². The van der Waals surface area contributed by atoms with Gasteiger partial charge in [-0.2, -0.15) is 0 Å². The summed E-state index contributed by atoms with van der Waals surface area (Å²) in [6, 6.07) is 4.10. The predicted octanol–water partition coefficient (Wildman–Crippen LogP) is -0.0881. The van der Waals surface area contributed by atoms with Gasteiger partial charge in [-0.3, -0.25) is 29.4 Å². The standard InChI is InChI=1S/C20H23N3O7/c1-28-17(29-2)10-30-12-8-22(9-12)11-3-4-13-14(7-11)20(27)23(19(13)26)15-5-6-16(24)21-18(15)25/h3-4,7,12,15,17H,5-6,8-10H2,1-2H3,(H,21,24,25). The molecule has 1 aromatic rings. The quantitative estimate of drug-likeness (QED) is 0.484. The number of methoxy groups -OCH3 is 2. The second-order valence-corrected chi connectivity index (χ2v) is 7.44. The molecule has 10 heteroatoms. The van der Waals surface area contributed by atoms with Gasteiger partial charge in [-0.1, -0.05) is 0 Å². The molecule has 3 aliphatic rings. The number of fused-ring (bicyclic) bond motifs is 1. The number of amides is 4. The molecule has 160 valence electrons. The van der Waals surface area contributed by atoms with Gasteiger partial charge in [0.2, 0.25) is 11.8 Å². The highest BCUT2D eigenvalue weighted by Crippen LogP contribution is 2.32. The van der Waals surface area contributed by atoms with Gasteiger partial charge >= 0.3 is 0 Å². The molecule has 0 aliphatic carbocycles. The lowest BCUT2D eigenvalue weighted by Crippen LogP contribution is -2.54. The third kappa shape index (κ3) is 3.57. The number of hydrogen-bond donors (Lipinski definition) is 1. The monoisotopic (exact) mass is 417 g/mol. The number of nitrogens with zero attached hydrogens (tertiary/aromatic N) is 2. The van der Waals surface area contributed by atoms with E-state index < -0.39 is 36.0 Å². The Morgan fingerprint density at radius 2 is 1.77 bits per heavy atom. The zero-order chi connectivity index (χ0) is 21.4. The molecule has 0 aromatic heterocycles. The van der Waals surface area contributed by atoms with Gasteiger partial charge in [0.1, 0.15) is 6.04 Å². The van der Waals surface area contributed by atoms with Gasteiger partial charge in [0, 0.05) is 39.4 Å². The lowest BCUT2D eigenvalue weighted by molar-refractivity contribution is -0.153. The Hall–Kier alpha value is -2.82. The van der Waals surface area contributed by atoms with Crippen molar-refractivity contribution in [3.63, 3.8) is 0 Å². The molecule has 0 bridgehead atoms. The van der Waals surface area contributed by atoms with E-state index in [-0.39, 0.29) is 30.1 Å². The maximum Gasteiger partial charge on any atom is 0.262 e. The van der Waals surface area contributed by atoms with Crippen LogP contribution in [-0.4, -0.2) is 80.9 Å². The first-order valence-electron chi connectivity index (χ1n) is 9.70. The van der Waals surface area contributed by atoms with E-state index in [1.165, 1.54) is 0 Å². The van der Waals surface area contributed by atoms with Crippen LogP contribution in [0.15, 0.2) is 18.2 Å². The molecule has 3 aliphatic heterocycles. The van der Waals surface area contributed by atoms with Crippen molar-refractivity contribution in [2.45, 2.75) is 31.3 Å². The minimum Gasteiger partial charge on any atom is -0.369 e. The molecule has 1 N–H and O–H groups in total. The Morgan fingerprint density at radius 3 is 2.43 bits per heavy atom. The summed E-state index contributed by atoms with van der Waals surface area (Å²) in [5.74, 6) is -2.03. The Balaban J connectivity index is 1.42. The van der Waals surface area contributed by atoms with Crippen LogP contribution < -0.4 is 10.2 Å². The van der Waals surface area contributed by atoms with Crippen molar-refractivity contribution in [1.82, 2.24) is 10.2 Å². The molecule has 10 nitrogen and oxygen atoms in total. The van der Waals surface area contributed by atoms with E-state index in [4.69, 9.17) is 14.2 Å². The number of piperidine rings is 1. The van der Waals surface area contributed by atoms with E-state index in [0.717, 1.165) is 10.6 Å². The minimum absolute atomic E-state index is 0.0170. The van der Waals surface area contributed by atoms with Gasteiger partial charge in [0.25, 0.3) is 11.8 Å². The number of rotatable bonds is 7. The first-order chi connectivity index (χ1) is 14.4. The molecule has 4 rings (SSSR count). The molecule has 4 amide bonds. The highest BCUT2D eigenvalue weighted by molar-refractivity contribution is 6.23. The summed E-state index contributed by atoms with van der Waals surface area (Å²) in [5, 5.41) is 2.19. The second kappa shape index (κ2) is 8.13. The summed E-state index contributed by atoms with van der Waals surface area (Å²) < 4.78 is 15.9. The third-order valence-electron chi connectivity index (χ3n) is 5.63. The second-order valence-electron chi connectivity index (χ2n) is 7.44. The van der Waals surface area contributed by atoms with E-state index in [1.54, 1.807) is 32.4 Å². The van der Waals surface area contributed by atoms with Gasteiger partial charge in [0.15, 0.2) is 6.29 Å². The number of benzene rings is 1. The lowest BCUT2D eigenvalue weighted by atomic mass is 10.0. The molecule has 30 heavy (non-hydrogen) atoms. The van der Waals surface area contributed by atoms with Gasteiger partial charge in [-0.25, -0.2) is 0 Å². The van der Waals surface area contributed by atoms with Crippen molar-refractivity contribution in [1.29, 1.82) is 0 Å². The number of ether oxygens (including phenoxy) is 3. The van der Waals surface area contributed by atoms with Gasteiger partial charge in [-0.05, 0) is 24.6 Å². The zero-order valence-electron chi connectivity index (χ0n) is 16.8. The number of imide groups is 2. The van der Waals surface area contributed by atoms with Crippen LogP contribution in [-0.2, 0) is 23.8 Å². The third-order valence-corrected chi connectivity index (χ3v) is 5.63. The van der Waals surface area contributed by atoms with E-state index in [1.807, 2.05) is 4.90 Å². The molecule has 1 unspecified atom stereocenters. The van der Waals surface area contributed by atoms with Crippen LogP contribution >= 0.6 is 0 Å². The average molecular weight is 417 g/mol. The number of carbonyl (C=O) groups excluding carboxylic acids is 4. The fourth-order valence-electron chi connectivity index (χ4n) is 3.86. The molecule has 2 fully saturated rings. The zero-order valence-corrected chi connectivity index (χ0v) is 16.8. The van der Waals surface area contributed by atoms with Crippen LogP contribution in [0.25, 0.3) is 0 Å². The number of carbonyl (C=O) groups is 4. The van der Waals surface area contributed by atoms with E-state index in [0.29, 0.717) is 19.7 Å². The summed E-state index contributed by atoms with van der Waals surface area (Å²) in [4.78, 5) is 52.1. The molecule has 2 saturated heterocycles. The number of hydrogen-bond acceptors (Lipinski definition) is 8. The lowest BCUT2D eigenvalue weighted by Gasteiger charge is -2.41. The van der Waals surface area contributed by atoms with Crippen molar-refractivity contribution in [3.8, 4) is 0 Å². The van der Waals surface area contributed by atoms with Gasteiger partial charge < -0.3 is 19.1 Å². The summed E-state index contributed by atoms with van der Waals surface area (Å²) in [6.07, 6.45) is -0.167. The van der Waals surface area contributed by atoms with E-state index >= 15 is 0 Å². The summed E-state index contributed by atoms with van der Waals surface area (Å²) >= 11 is 0. The molecule has 0 saturated carbocycles. The fourth-order valence-corrected chi connectivity index (χ4v) is 3.86. The SMILES string of the molecule is COC(COC1CN(c2ccc3c(c2)C(=O)N(C2CCC(=O)NC2=O)C3=O)C1)OC. The van der Waals surface area contributed by atoms with E-state index in [9.17, 15) is 19.2 Å². The van der Waals surface area contributed by atoms with Gasteiger partial charge in [0.05, 0.1) is 23.8 Å². The molecular formula is C20H23N3O7. The van der Waals surface area contributed by atoms with Crippen molar-refractivity contribution < 1.29 is 33.4 Å². The maximum absolute atomic E-state index is 12.9. The Bertz CT molecular complexity index is 892. The molecule has 3 heterocycles. The Kier molecular flexibility index (Phi) is 5.54. The summed E-state index contributed by atoms with van der Waals surface area (Å²) in [7, 11) is 3.09. The van der Waals surface area contributed by atoms with Crippen LogP contribution in [0.4, 0.5) is 5.69 Å². The maximum atomic E-state index is 12.9. The first-order valence-corrected chi connectivity index (χ1v) is 9.70. The highest BCUT2D eigenvalue weighted by Gasteiger charge is 2.45. The first kappa shape index (κ1) is 20.5.